The molecule has 0 radical (unpaired) electrons. The molecule has 1 N–H and O–H groups in total. The fourth-order valence-electron chi connectivity index (χ4n) is 4.07. The minimum atomic E-state index is -0.413. The maximum atomic E-state index is 12.5. The summed E-state index contributed by atoms with van der Waals surface area (Å²) in [4.78, 5) is 39.0. The average Bonchev–Trinajstić information content (AvgIpc) is 3.09. The Morgan fingerprint density at radius 3 is 2.78 bits per heavy atom. The van der Waals surface area contributed by atoms with Gasteiger partial charge in [0.25, 0.3) is 0 Å². The zero-order valence-corrected chi connectivity index (χ0v) is 16.2. The first-order valence-corrected chi connectivity index (χ1v) is 9.78. The fraction of sp³-hybridized carbons (Fsp3) is 0.571. The molecule has 0 saturated carbocycles. The number of Topliss-reactive ketones (excluding diaryl/α,β-unsaturated/α-hetero) is 1. The second-order valence-electron chi connectivity index (χ2n) is 7.54. The molecule has 2 heterocycles. The van der Waals surface area contributed by atoms with E-state index < -0.39 is 5.41 Å². The molecule has 2 saturated heterocycles. The molecule has 0 bridgehead atoms. The van der Waals surface area contributed by atoms with Crippen LogP contribution in [0, 0.1) is 12.3 Å². The number of amides is 2. The van der Waals surface area contributed by atoms with Crippen LogP contribution in [0.25, 0.3) is 0 Å². The van der Waals surface area contributed by atoms with Crippen molar-refractivity contribution >= 4 is 17.6 Å². The number of hydrogen-bond donors (Lipinski definition) is 1. The number of aryl methyl sites for hydroxylation is 1. The van der Waals surface area contributed by atoms with Gasteiger partial charge in [-0.2, -0.15) is 0 Å². The molecule has 146 valence electrons. The topological polar surface area (TPSA) is 75.7 Å². The van der Waals surface area contributed by atoms with E-state index in [0.717, 1.165) is 37.1 Å². The summed E-state index contributed by atoms with van der Waals surface area (Å²) in [5.74, 6) is 0.767. The lowest BCUT2D eigenvalue weighted by molar-refractivity contribution is -0.134. The van der Waals surface area contributed by atoms with E-state index in [2.05, 4.69) is 5.32 Å². The predicted octanol–water partition coefficient (Wildman–Crippen LogP) is 2.49. The molecule has 1 aromatic carbocycles. The van der Waals surface area contributed by atoms with Crippen molar-refractivity contribution in [3.63, 3.8) is 0 Å². The maximum absolute atomic E-state index is 12.5. The monoisotopic (exact) mass is 372 g/mol. The summed E-state index contributed by atoms with van der Waals surface area (Å²) in [5, 5.41) is 2.92. The SMILES string of the molecule is CCOc1ccc(C(=O)CCC(=O)N2CC[C@]3(CCCNC3=O)C2)cc1C. The van der Waals surface area contributed by atoms with E-state index in [1.807, 2.05) is 19.9 Å². The lowest BCUT2D eigenvalue weighted by Crippen LogP contribution is -2.47. The van der Waals surface area contributed by atoms with Crippen molar-refractivity contribution in [1.82, 2.24) is 10.2 Å². The lowest BCUT2D eigenvalue weighted by atomic mass is 9.79. The van der Waals surface area contributed by atoms with Gasteiger partial charge in [-0.1, -0.05) is 0 Å². The Labute approximate surface area is 160 Å². The van der Waals surface area contributed by atoms with Crippen LogP contribution in [0.1, 0.15) is 54.9 Å². The molecule has 2 aliphatic rings. The summed E-state index contributed by atoms with van der Waals surface area (Å²) in [6, 6.07) is 5.37. The molecule has 1 spiro atoms. The molecule has 3 rings (SSSR count). The summed E-state index contributed by atoms with van der Waals surface area (Å²) in [6.45, 7) is 6.22. The van der Waals surface area contributed by atoms with E-state index in [1.54, 1.807) is 17.0 Å². The summed E-state index contributed by atoms with van der Waals surface area (Å²) in [7, 11) is 0. The molecule has 2 amide bonds. The Morgan fingerprint density at radius 2 is 2.07 bits per heavy atom. The summed E-state index contributed by atoms with van der Waals surface area (Å²) >= 11 is 0. The zero-order chi connectivity index (χ0) is 19.4. The molecular weight excluding hydrogens is 344 g/mol. The van der Waals surface area contributed by atoms with Crippen molar-refractivity contribution in [2.45, 2.75) is 46.0 Å². The highest BCUT2D eigenvalue weighted by Gasteiger charge is 2.46. The van der Waals surface area contributed by atoms with E-state index in [9.17, 15) is 14.4 Å². The van der Waals surface area contributed by atoms with Gasteiger partial charge < -0.3 is 15.0 Å². The van der Waals surface area contributed by atoms with Crippen LogP contribution < -0.4 is 10.1 Å². The van der Waals surface area contributed by atoms with E-state index in [4.69, 9.17) is 4.74 Å². The number of piperidine rings is 1. The predicted molar refractivity (Wildman–Crippen MR) is 102 cm³/mol. The standard InChI is InChI=1S/C21H28N2O4/c1-3-27-18-7-5-16(13-15(18)2)17(24)6-8-19(25)23-12-10-21(14-23)9-4-11-22-20(21)26/h5,7,13H,3-4,6,8-12,14H2,1-2H3,(H,22,26)/t21-/m1/s1. The number of benzene rings is 1. The highest BCUT2D eigenvalue weighted by molar-refractivity contribution is 5.98. The number of carbonyl (C=O) groups excluding carboxylic acids is 3. The van der Waals surface area contributed by atoms with E-state index in [-0.39, 0.29) is 30.4 Å². The Hall–Kier alpha value is -2.37. The fourth-order valence-corrected chi connectivity index (χ4v) is 4.07. The number of carbonyl (C=O) groups is 3. The van der Waals surface area contributed by atoms with Crippen molar-refractivity contribution in [1.29, 1.82) is 0 Å². The number of ether oxygens (including phenoxy) is 1. The Bertz CT molecular complexity index is 746. The molecule has 6 heteroatoms. The Balaban J connectivity index is 1.54. The van der Waals surface area contributed by atoms with Crippen molar-refractivity contribution in [3.8, 4) is 5.75 Å². The summed E-state index contributed by atoms with van der Waals surface area (Å²) in [6.07, 6.45) is 2.89. The van der Waals surface area contributed by atoms with Gasteiger partial charge in [-0.05, 0) is 56.9 Å². The second kappa shape index (κ2) is 8.11. The van der Waals surface area contributed by atoms with Crippen LogP contribution in [0.15, 0.2) is 18.2 Å². The van der Waals surface area contributed by atoms with Gasteiger partial charge in [-0.25, -0.2) is 0 Å². The zero-order valence-electron chi connectivity index (χ0n) is 16.2. The van der Waals surface area contributed by atoms with Crippen molar-refractivity contribution in [3.05, 3.63) is 29.3 Å². The largest absolute Gasteiger partial charge is 0.494 e. The van der Waals surface area contributed by atoms with Crippen LogP contribution in [0.2, 0.25) is 0 Å². The van der Waals surface area contributed by atoms with Gasteiger partial charge in [0, 0.05) is 38.0 Å². The van der Waals surface area contributed by atoms with Crippen LogP contribution in [0.3, 0.4) is 0 Å². The second-order valence-corrected chi connectivity index (χ2v) is 7.54. The van der Waals surface area contributed by atoms with Gasteiger partial charge in [-0.3, -0.25) is 14.4 Å². The first-order chi connectivity index (χ1) is 12.9. The summed E-state index contributed by atoms with van der Waals surface area (Å²) in [5.41, 5.74) is 1.11. The smallest absolute Gasteiger partial charge is 0.228 e. The van der Waals surface area contributed by atoms with Gasteiger partial charge in [0.05, 0.1) is 12.0 Å². The molecule has 2 fully saturated rings. The van der Waals surface area contributed by atoms with Crippen LogP contribution in [-0.4, -0.2) is 48.7 Å². The Kier molecular flexibility index (Phi) is 5.82. The van der Waals surface area contributed by atoms with Gasteiger partial charge >= 0.3 is 0 Å². The maximum Gasteiger partial charge on any atom is 0.228 e. The Morgan fingerprint density at radius 1 is 1.26 bits per heavy atom. The van der Waals surface area contributed by atoms with Crippen molar-refractivity contribution in [2.75, 3.05) is 26.2 Å². The third-order valence-corrected chi connectivity index (χ3v) is 5.67. The number of nitrogens with one attached hydrogen (secondary N) is 1. The number of rotatable bonds is 6. The normalized spacial score (nSPS) is 22.0. The molecule has 27 heavy (non-hydrogen) atoms. The highest BCUT2D eigenvalue weighted by Crippen LogP contribution is 2.37. The van der Waals surface area contributed by atoms with Crippen LogP contribution in [0.4, 0.5) is 0 Å². The lowest BCUT2D eigenvalue weighted by Gasteiger charge is -2.32. The molecule has 2 aliphatic heterocycles. The first-order valence-electron chi connectivity index (χ1n) is 9.78. The van der Waals surface area contributed by atoms with Crippen molar-refractivity contribution in [2.24, 2.45) is 5.41 Å². The molecule has 0 aromatic heterocycles. The van der Waals surface area contributed by atoms with Crippen LogP contribution >= 0.6 is 0 Å². The van der Waals surface area contributed by atoms with E-state index in [1.165, 1.54) is 0 Å². The minimum absolute atomic E-state index is 0.0405. The number of likely N-dealkylation sites (tertiary alicyclic amines) is 1. The van der Waals surface area contributed by atoms with Gasteiger partial charge in [-0.15, -0.1) is 0 Å². The van der Waals surface area contributed by atoms with Gasteiger partial charge in [0.1, 0.15) is 5.75 Å². The minimum Gasteiger partial charge on any atom is -0.494 e. The molecule has 0 aliphatic carbocycles. The quantitative estimate of drug-likeness (QED) is 0.779. The van der Waals surface area contributed by atoms with Gasteiger partial charge in [0.15, 0.2) is 5.78 Å². The number of ketones is 1. The third kappa shape index (κ3) is 4.15. The summed E-state index contributed by atoms with van der Waals surface area (Å²) < 4.78 is 5.50. The highest BCUT2D eigenvalue weighted by atomic mass is 16.5. The third-order valence-electron chi connectivity index (χ3n) is 5.67. The molecule has 1 aromatic rings. The first kappa shape index (κ1) is 19.4. The number of nitrogens with zero attached hydrogens (tertiary/aromatic N) is 1. The van der Waals surface area contributed by atoms with E-state index in [0.29, 0.717) is 25.3 Å². The number of hydrogen-bond acceptors (Lipinski definition) is 4. The molecule has 1 atom stereocenters. The average molecular weight is 372 g/mol. The van der Waals surface area contributed by atoms with Gasteiger partial charge in [0.2, 0.25) is 11.8 Å². The molecular formula is C21H28N2O4. The molecule has 0 unspecified atom stereocenters. The van der Waals surface area contributed by atoms with E-state index >= 15 is 0 Å². The molecule has 6 nitrogen and oxygen atoms in total. The van der Waals surface area contributed by atoms with Crippen LogP contribution in [-0.2, 0) is 9.59 Å². The van der Waals surface area contributed by atoms with Crippen LogP contribution in [0.5, 0.6) is 5.75 Å². The van der Waals surface area contributed by atoms with Crippen molar-refractivity contribution < 1.29 is 19.1 Å².